The second-order valence-corrected chi connectivity index (χ2v) is 5.84. The Hall–Kier alpha value is -1.09. The summed E-state index contributed by atoms with van der Waals surface area (Å²) < 4.78 is 19.2. The van der Waals surface area contributed by atoms with Gasteiger partial charge in [-0.25, -0.2) is 4.39 Å². The van der Waals surface area contributed by atoms with Crippen molar-refractivity contribution >= 4 is 0 Å². The van der Waals surface area contributed by atoms with Crippen LogP contribution in [-0.2, 0) is 6.42 Å². The largest absolute Gasteiger partial charge is 0.494 e. The van der Waals surface area contributed by atoms with Gasteiger partial charge < -0.3 is 10.1 Å². The standard InChI is InChI=1S/C17H28FNO/c1-5-7-14(12-19-11-13(2)3)10-15-8-6-9-16(20-4)17(15)18/h6,8-9,13-14,19H,5,7,10-12H2,1-4H3. The Balaban J connectivity index is 2.65. The lowest BCUT2D eigenvalue weighted by Crippen LogP contribution is -2.27. The molecular weight excluding hydrogens is 253 g/mol. The van der Waals surface area contributed by atoms with E-state index in [1.165, 1.54) is 7.11 Å². The second kappa shape index (κ2) is 8.96. The molecule has 0 aliphatic rings. The van der Waals surface area contributed by atoms with Crippen molar-refractivity contribution in [3.8, 4) is 5.75 Å². The molecule has 1 N–H and O–H groups in total. The normalized spacial score (nSPS) is 12.7. The first-order chi connectivity index (χ1) is 9.58. The van der Waals surface area contributed by atoms with Gasteiger partial charge in [0.1, 0.15) is 0 Å². The van der Waals surface area contributed by atoms with Gasteiger partial charge >= 0.3 is 0 Å². The van der Waals surface area contributed by atoms with E-state index in [4.69, 9.17) is 4.74 Å². The molecule has 0 aliphatic heterocycles. The minimum atomic E-state index is -0.208. The third-order valence-electron chi connectivity index (χ3n) is 3.45. The van der Waals surface area contributed by atoms with Crippen LogP contribution in [0.3, 0.4) is 0 Å². The highest BCUT2D eigenvalue weighted by molar-refractivity contribution is 5.31. The van der Waals surface area contributed by atoms with E-state index in [2.05, 4.69) is 26.1 Å². The van der Waals surface area contributed by atoms with Gasteiger partial charge in [0, 0.05) is 0 Å². The van der Waals surface area contributed by atoms with E-state index in [1.807, 2.05) is 12.1 Å². The summed E-state index contributed by atoms with van der Waals surface area (Å²) in [6.45, 7) is 8.54. The molecule has 0 heterocycles. The number of nitrogens with one attached hydrogen (secondary N) is 1. The summed E-state index contributed by atoms with van der Waals surface area (Å²) in [5.41, 5.74) is 0.758. The first-order valence-corrected chi connectivity index (χ1v) is 7.60. The van der Waals surface area contributed by atoms with Crippen LogP contribution in [0.15, 0.2) is 18.2 Å². The maximum absolute atomic E-state index is 14.2. The number of rotatable bonds is 9. The van der Waals surface area contributed by atoms with Gasteiger partial charge in [-0.1, -0.05) is 39.3 Å². The molecule has 0 fully saturated rings. The Morgan fingerprint density at radius 1 is 1.25 bits per heavy atom. The quantitative estimate of drug-likeness (QED) is 0.737. The van der Waals surface area contributed by atoms with Crippen LogP contribution in [0, 0.1) is 17.7 Å². The molecule has 1 aromatic rings. The molecule has 0 amide bonds. The molecule has 1 unspecified atom stereocenters. The third-order valence-corrected chi connectivity index (χ3v) is 3.45. The van der Waals surface area contributed by atoms with Crippen molar-refractivity contribution in [3.05, 3.63) is 29.6 Å². The van der Waals surface area contributed by atoms with Crippen molar-refractivity contribution in [2.45, 2.75) is 40.0 Å². The zero-order valence-corrected chi connectivity index (χ0v) is 13.2. The maximum atomic E-state index is 14.2. The summed E-state index contributed by atoms with van der Waals surface area (Å²) in [5, 5.41) is 3.48. The number of halogens is 1. The fourth-order valence-electron chi connectivity index (χ4n) is 2.44. The van der Waals surface area contributed by atoms with E-state index >= 15 is 0 Å². The van der Waals surface area contributed by atoms with Crippen molar-refractivity contribution in [2.24, 2.45) is 11.8 Å². The minimum Gasteiger partial charge on any atom is -0.494 e. The van der Waals surface area contributed by atoms with Gasteiger partial charge in [0.2, 0.25) is 0 Å². The van der Waals surface area contributed by atoms with Crippen molar-refractivity contribution in [2.75, 3.05) is 20.2 Å². The number of hydrogen-bond donors (Lipinski definition) is 1. The molecule has 0 radical (unpaired) electrons. The summed E-state index contributed by atoms with van der Waals surface area (Å²) in [7, 11) is 1.51. The minimum absolute atomic E-state index is 0.208. The molecule has 3 heteroatoms. The number of hydrogen-bond acceptors (Lipinski definition) is 2. The van der Waals surface area contributed by atoms with E-state index in [1.54, 1.807) is 6.07 Å². The Morgan fingerprint density at radius 2 is 2.00 bits per heavy atom. The number of benzene rings is 1. The van der Waals surface area contributed by atoms with Gasteiger partial charge in [-0.15, -0.1) is 0 Å². The van der Waals surface area contributed by atoms with Gasteiger partial charge in [-0.2, -0.15) is 0 Å². The van der Waals surface area contributed by atoms with Gasteiger partial charge in [0.05, 0.1) is 7.11 Å². The van der Waals surface area contributed by atoms with Gasteiger partial charge in [-0.05, 0) is 49.4 Å². The highest BCUT2D eigenvalue weighted by Gasteiger charge is 2.14. The molecule has 2 nitrogen and oxygen atoms in total. The molecule has 0 aromatic heterocycles. The predicted octanol–water partition coefficient (Wildman–Crippen LogP) is 4.04. The fraction of sp³-hybridized carbons (Fsp3) is 0.647. The van der Waals surface area contributed by atoms with Crippen LogP contribution in [0.4, 0.5) is 4.39 Å². The van der Waals surface area contributed by atoms with Crippen LogP contribution >= 0.6 is 0 Å². The van der Waals surface area contributed by atoms with Crippen molar-refractivity contribution < 1.29 is 9.13 Å². The highest BCUT2D eigenvalue weighted by atomic mass is 19.1. The monoisotopic (exact) mass is 281 g/mol. The van der Waals surface area contributed by atoms with Crippen molar-refractivity contribution in [3.63, 3.8) is 0 Å². The van der Waals surface area contributed by atoms with Crippen LogP contribution in [0.5, 0.6) is 5.75 Å². The van der Waals surface area contributed by atoms with Crippen LogP contribution in [0.25, 0.3) is 0 Å². The SMILES string of the molecule is CCCC(CNCC(C)C)Cc1cccc(OC)c1F. The Morgan fingerprint density at radius 3 is 2.60 bits per heavy atom. The zero-order valence-electron chi connectivity index (χ0n) is 13.2. The Bertz CT molecular complexity index is 393. The lowest BCUT2D eigenvalue weighted by atomic mass is 9.94. The van der Waals surface area contributed by atoms with Crippen molar-refractivity contribution in [1.82, 2.24) is 5.32 Å². The average molecular weight is 281 g/mol. The summed E-state index contributed by atoms with van der Waals surface area (Å²) in [6.07, 6.45) is 3.00. The fourth-order valence-corrected chi connectivity index (χ4v) is 2.44. The predicted molar refractivity (Wildman–Crippen MR) is 82.8 cm³/mol. The zero-order chi connectivity index (χ0) is 15.0. The maximum Gasteiger partial charge on any atom is 0.168 e. The Labute approximate surface area is 122 Å². The van der Waals surface area contributed by atoms with E-state index in [0.29, 0.717) is 17.6 Å². The summed E-state index contributed by atoms with van der Waals surface area (Å²) >= 11 is 0. The molecule has 1 aromatic carbocycles. The molecule has 0 aliphatic carbocycles. The van der Waals surface area contributed by atoms with Crippen LogP contribution in [0.1, 0.15) is 39.2 Å². The molecule has 1 rings (SSSR count). The molecule has 0 saturated carbocycles. The molecular formula is C17H28FNO. The van der Waals surface area contributed by atoms with Gasteiger partial charge in [0.25, 0.3) is 0 Å². The smallest absolute Gasteiger partial charge is 0.168 e. The van der Waals surface area contributed by atoms with E-state index in [0.717, 1.165) is 37.9 Å². The number of ether oxygens (including phenoxy) is 1. The van der Waals surface area contributed by atoms with Gasteiger partial charge in [-0.3, -0.25) is 0 Å². The summed E-state index contributed by atoms with van der Waals surface area (Å²) in [5.74, 6) is 1.25. The summed E-state index contributed by atoms with van der Waals surface area (Å²) in [6, 6.07) is 5.40. The van der Waals surface area contributed by atoms with E-state index < -0.39 is 0 Å². The number of methoxy groups -OCH3 is 1. The van der Waals surface area contributed by atoms with Crippen LogP contribution in [-0.4, -0.2) is 20.2 Å². The van der Waals surface area contributed by atoms with E-state index in [-0.39, 0.29) is 5.82 Å². The molecule has 0 spiro atoms. The molecule has 0 saturated heterocycles. The average Bonchev–Trinajstić information content (AvgIpc) is 2.41. The topological polar surface area (TPSA) is 21.3 Å². The molecule has 1 atom stereocenters. The highest BCUT2D eigenvalue weighted by Crippen LogP contribution is 2.23. The van der Waals surface area contributed by atoms with Crippen molar-refractivity contribution in [1.29, 1.82) is 0 Å². The first kappa shape index (κ1) is 17.0. The third kappa shape index (κ3) is 5.49. The molecule has 20 heavy (non-hydrogen) atoms. The lowest BCUT2D eigenvalue weighted by Gasteiger charge is -2.19. The Kier molecular flexibility index (Phi) is 7.60. The lowest BCUT2D eigenvalue weighted by molar-refractivity contribution is 0.377. The molecule has 114 valence electrons. The summed E-state index contributed by atoms with van der Waals surface area (Å²) in [4.78, 5) is 0. The van der Waals surface area contributed by atoms with Gasteiger partial charge in [0.15, 0.2) is 11.6 Å². The van der Waals surface area contributed by atoms with Crippen LogP contribution in [0.2, 0.25) is 0 Å². The van der Waals surface area contributed by atoms with Crippen LogP contribution < -0.4 is 10.1 Å². The first-order valence-electron chi connectivity index (χ1n) is 7.60. The molecule has 0 bridgehead atoms. The van der Waals surface area contributed by atoms with E-state index in [9.17, 15) is 4.39 Å². The second-order valence-electron chi connectivity index (χ2n) is 5.84.